The van der Waals surface area contributed by atoms with E-state index in [1.165, 1.54) is 0 Å². The average molecular weight is 303 g/mol. The summed E-state index contributed by atoms with van der Waals surface area (Å²) < 4.78 is 0. The number of aryl methyl sites for hydroxylation is 1. The van der Waals surface area contributed by atoms with Gasteiger partial charge in [-0.15, -0.1) is 0 Å². The van der Waals surface area contributed by atoms with E-state index in [0.717, 1.165) is 24.2 Å². The van der Waals surface area contributed by atoms with E-state index in [4.69, 9.17) is 5.11 Å². The highest BCUT2D eigenvalue weighted by Crippen LogP contribution is 2.26. The van der Waals surface area contributed by atoms with Gasteiger partial charge in [-0.2, -0.15) is 11.8 Å². The quantitative estimate of drug-likeness (QED) is 0.809. The predicted octanol–water partition coefficient (Wildman–Crippen LogP) is 2.30. The number of carbonyl (C=O) groups is 1. The molecule has 0 aromatic heterocycles. The normalized spacial score (nSPS) is 21.6. The van der Waals surface area contributed by atoms with Crippen molar-refractivity contribution in [1.29, 1.82) is 0 Å². The second-order valence-electron chi connectivity index (χ2n) is 5.46. The van der Waals surface area contributed by atoms with E-state index in [9.17, 15) is 4.79 Å². The third-order valence-electron chi connectivity index (χ3n) is 3.49. The first-order valence-electron chi connectivity index (χ1n) is 7.16. The van der Waals surface area contributed by atoms with Gasteiger partial charge in [-0.05, 0) is 24.6 Å². The number of benzene rings is 1. The summed E-state index contributed by atoms with van der Waals surface area (Å²) in [7, 11) is 0. The Kier molecular flexibility index (Phi) is 5.33. The van der Waals surface area contributed by atoms with Crippen molar-refractivity contribution in [3.63, 3.8) is 0 Å². The lowest BCUT2D eigenvalue weighted by Gasteiger charge is -2.34. The summed E-state index contributed by atoms with van der Waals surface area (Å²) in [6.07, 6.45) is 0. The van der Waals surface area contributed by atoms with Crippen LogP contribution in [-0.2, 0) is 0 Å². The van der Waals surface area contributed by atoms with E-state index < -0.39 is 0 Å². The van der Waals surface area contributed by atoms with Crippen molar-refractivity contribution in [2.75, 3.05) is 19.7 Å². The molecule has 0 radical (unpaired) electrons. The summed E-state index contributed by atoms with van der Waals surface area (Å²) in [5, 5.41) is 9.75. The molecule has 1 aromatic rings. The number of hydrogen-bond acceptors (Lipinski definition) is 3. The first-order valence-corrected chi connectivity index (χ1v) is 8.10. The third-order valence-corrected chi connectivity index (χ3v) is 4.72. The van der Waals surface area contributed by atoms with Gasteiger partial charge in [0, 0.05) is 34.7 Å². The van der Waals surface area contributed by atoms with Gasteiger partial charge in [-0.3, -0.25) is 4.79 Å². The maximum absolute atomic E-state index is 12.6. The lowest BCUT2D eigenvalue weighted by atomic mass is 10.0. The topological polar surface area (TPSA) is 40.5 Å². The lowest BCUT2D eigenvalue weighted by Crippen LogP contribution is -2.44. The summed E-state index contributed by atoms with van der Waals surface area (Å²) in [6, 6.07) is 5.61. The first-order chi connectivity index (χ1) is 10.0. The van der Waals surface area contributed by atoms with Crippen LogP contribution in [0.15, 0.2) is 18.2 Å². The fourth-order valence-electron chi connectivity index (χ4n) is 2.55. The molecule has 0 spiro atoms. The third kappa shape index (κ3) is 4.03. The SMILES string of the molecule is Cc1ccc(C(=O)N2CC(C)SC(C)C2)cc1C#CCO. The van der Waals surface area contributed by atoms with Crippen molar-refractivity contribution >= 4 is 17.7 Å². The number of aliphatic hydroxyl groups is 1. The highest BCUT2D eigenvalue weighted by Gasteiger charge is 2.26. The summed E-state index contributed by atoms with van der Waals surface area (Å²) in [6.45, 7) is 7.69. The number of thioether (sulfide) groups is 1. The van der Waals surface area contributed by atoms with Crippen molar-refractivity contribution < 1.29 is 9.90 Å². The molecule has 1 aromatic carbocycles. The molecule has 1 N–H and O–H groups in total. The van der Waals surface area contributed by atoms with Crippen LogP contribution < -0.4 is 0 Å². The minimum Gasteiger partial charge on any atom is -0.384 e. The van der Waals surface area contributed by atoms with Crippen LogP contribution in [0.2, 0.25) is 0 Å². The van der Waals surface area contributed by atoms with E-state index in [0.29, 0.717) is 16.1 Å². The Morgan fingerprint density at radius 1 is 1.38 bits per heavy atom. The molecule has 0 saturated carbocycles. The largest absolute Gasteiger partial charge is 0.384 e. The highest BCUT2D eigenvalue weighted by molar-refractivity contribution is 8.00. The second kappa shape index (κ2) is 7.02. The van der Waals surface area contributed by atoms with Gasteiger partial charge in [0.2, 0.25) is 0 Å². The molecule has 1 aliphatic rings. The van der Waals surface area contributed by atoms with Crippen LogP contribution in [0.25, 0.3) is 0 Å². The number of hydrogen-bond donors (Lipinski definition) is 1. The van der Waals surface area contributed by atoms with E-state index in [1.54, 1.807) is 0 Å². The van der Waals surface area contributed by atoms with Crippen LogP contribution in [0.4, 0.5) is 0 Å². The Morgan fingerprint density at radius 2 is 2.05 bits per heavy atom. The molecule has 2 atom stereocenters. The predicted molar refractivity (Wildman–Crippen MR) is 87.6 cm³/mol. The minimum atomic E-state index is -0.171. The molecule has 112 valence electrons. The summed E-state index contributed by atoms with van der Waals surface area (Å²) in [4.78, 5) is 14.6. The summed E-state index contributed by atoms with van der Waals surface area (Å²) >= 11 is 1.93. The van der Waals surface area contributed by atoms with Gasteiger partial charge in [0.05, 0.1) is 0 Å². The van der Waals surface area contributed by atoms with Gasteiger partial charge in [-0.1, -0.05) is 31.8 Å². The molecule has 1 heterocycles. The van der Waals surface area contributed by atoms with Crippen LogP contribution >= 0.6 is 11.8 Å². The number of rotatable bonds is 1. The minimum absolute atomic E-state index is 0.0704. The van der Waals surface area contributed by atoms with Crippen molar-refractivity contribution in [2.24, 2.45) is 0 Å². The second-order valence-corrected chi connectivity index (χ2v) is 7.34. The zero-order valence-electron chi connectivity index (χ0n) is 12.7. The molecule has 3 nitrogen and oxygen atoms in total. The summed E-state index contributed by atoms with van der Waals surface area (Å²) in [5.41, 5.74) is 2.50. The lowest BCUT2D eigenvalue weighted by molar-refractivity contribution is 0.0753. The maximum Gasteiger partial charge on any atom is 0.253 e. The standard InChI is InChI=1S/C17H21NO2S/c1-12-6-7-16(9-15(12)5-4-8-19)17(20)18-10-13(2)21-14(3)11-18/h6-7,9,13-14,19H,8,10-11H2,1-3H3. The average Bonchev–Trinajstić information content (AvgIpc) is 2.44. The van der Waals surface area contributed by atoms with Gasteiger partial charge in [0.25, 0.3) is 5.91 Å². The monoisotopic (exact) mass is 303 g/mol. The van der Waals surface area contributed by atoms with Gasteiger partial charge in [0.1, 0.15) is 6.61 Å². The van der Waals surface area contributed by atoms with E-state index in [1.807, 2.05) is 41.8 Å². The maximum atomic E-state index is 12.6. The van der Waals surface area contributed by atoms with Crippen LogP contribution in [0.5, 0.6) is 0 Å². The zero-order valence-corrected chi connectivity index (χ0v) is 13.5. The molecule has 1 fully saturated rings. The number of amides is 1. The Labute approximate surface area is 130 Å². The Bertz CT molecular complexity index is 578. The van der Waals surface area contributed by atoms with Crippen LogP contribution in [0.1, 0.15) is 35.3 Å². The molecule has 1 amide bonds. The van der Waals surface area contributed by atoms with Crippen molar-refractivity contribution in [3.05, 3.63) is 34.9 Å². The molecule has 21 heavy (non-hydrogen) atoms. The van der Waals surface area contributed by atoms with Gasteiger partial charge in [-0.25, -0.2) is 0 Å². The molecule has 4 heteroatoms. The highest BCUT2D eigenvalue weighted by atomic mass is 32.2. The van der Waals surface area contributed by atoms with Gasteiger partial charge < -0.3 is 10.0 Å². The zero-order chi connectivity index (χ0) is 15.4. The molecule has 1 saturated heterocycles. The van der Waals surface area contributed by atoms with Crippen LogP contribution in [-0.4, -0.2) is 46.1 Å². The van der Waals surface area contributed by atoms with Gasteiger partial charge >= 0.3 is 0 Å². The smallest absolute Gasteiger partial charge is 0.253 e. The molecular weight excluding hydrogens is 282 g/mol. The van der Waals surface area contributed by atoms with Gasteiger partial charge in [0.15, 0.2) is 0 Å². The molecule has 2 rings (SSSR count). The number of carbonyl (C=O) groups excluding carboxylic acids is 1. The Hall–Kier alpha value is -1.44. The molecule has 0 aliphatic carbocycles. The van der Waals surface area contributed by atoms with Crippen molar-refractivity contribution in [3.8, 4) is 11.8 Å². The first kappa shape index (κ1) is 15.9. The Morgan fingerprint density at radius 3 is 2.67 bits per heavy atom. The molecule has 2 unspecified atom stereocenters. The number of aliphatic hydroxyl groups excluding tert-OH is 1. The van der Waals surface area contributed by atoms with Crippen molar-refractivity contribution in [2.45, 2.75) is 31.3 Å². The van der Waals surface area contributed by atoms with Crippen LogP contribution in [0, 0.1) is 18.8 Å². The fourth-order valence-corrected chi connectivity index (χ4v) is 3.88. The van der Waals surface area contributed by atoms with Crippen molar-refractivity contribution in [1.82, 2.24) is 4.90 Å². The number of nitrogens with zero attached hydrogens (tertiary/aromatic N) is 1. The summed E-state index contributed by atoms with van der Waals surface area (Å²) in [5.74, 6) is 5.62. The molecule has 0 bridgehead atoms. The molecule has 1 aliphatic heterocycles. The van der Waals surface area contributed by atoms with E-state index in [2.05, 4.69) is 25.7 Å². The molecular formula is C17H21NO2S. The fraction of sp³-hybridized carbons (Fsp3) is 0.471. The van der Waals surface area contributed by atoms with E-state index >= 15 is 0 Å². The van der Waals surface area contributed by atoms with Crippen LogP contribution in [0.3, 0.4) is 0 Å². The Balaban J connectivity index is 2.23. The van der Waals surface area contributed by atoms with E-state index in [-0.39, 0.29) is 12.5 Å².